The van der Waals surface area contributed by atoms with E-state index in [4.69, 9.17) is 4.74 Å². The van der Waals surface area contributed by atoms with E-state index < -0.39 is 0 Å². The summed E-state index contributed by atoms with van der Waals surface area (Å²) in [6, 6.07) is 0.567. The number of nitrogens with one attached hydrogen (secondary N) is 1. The van der Waals surface area contributed by atoms with E-state index in [-0.39, 0.29) is 0 Å². The van der Waals surface area contributed by atoms with Gasteiger partial charge in [-0.05, 0) is 31.1 Å². The molecule has 1 aliphatic rings. The maximum atomic E-state index is 5.91. The van der Waals surface area contributed by atoms with E-state index in [9.17, 15) is 0 Å². The Morgan fingerprint density at radius 3 is 2.27 bits per heavy atom. The number of ether oxygens (including phenoxy) is 1. The first-order chi connectivity index (χ1) is 7.08. The molecule has 1 rings (SSSR count). The SMILES string of the molecule is CC1CC(C)CC(OCCNC(C)C)C1. The van der Waals surface area contributed by atoms with Crippen LogP contribution in [0.25, 0.3) is 0 Å². The zero-order valence-electron chi connectivity index (χ0n) is 10.8. The fourth-order valence-electron chi connectivity index (χ4n) is 2.58. The molecular weight excluding hydrogens is 186 g/mol. The summed E-state index contributed by atoms with van der Waals surface area (Å²) in [6.45, 7) is 10.9. The first-order valence-corrected chi connectivity index (χ1v) is 6.43. The van der Waals surface area contributed by atoms with Crippen molar-refractivity contribution in [3.05, 3.63) is 0 Å². The molecule has 0 radical (unpaired) electrons. The third-order valence-corrected chi connectivity index (χ3v) is 3.14. The highest BCUT2D eigenvalue weighted by molar-refractivity contribution is 4.75. The average Bonchev–Trinajstić information content (AvgIpc) is 2.10. The van der Waals surface area contributed by atoms with Crippen LogP contribution in [0.4, 0.5) is 0 Å². The molecule has 0 aromatic heterocycles. The van der Waals surface area contributed by atoms with Crippen LogP contribution < -0.4 is 5.32 Å². The van der Waals surface area contributed by atoms with Crippen LogP contribution >= 0.6 is 0 Å². The summed E-state index contributed by atoms with van der Waals surface area (Å²) in [5, 5.41) is 3.38. The molecule has 2 heteroatoms. The molecule has 90 valence electrons. The monoisotopic (exact) mass is 213 g/mol. The first-order valence-electron chi connectivity index (χ1n) is 6.43. The molecule has 0 aliphatic heterocycles. The van der Waals surface area contributed by atoms with Crippen molar-refractivity contribution in [3.63, 3.8) is 0 Å². The maximum absolute atomic E-state index is 5.91. The smallest absolute Gasteiger partial charge is 0.0594 e. The molecule has 1 fully saturated rings. The minimum absolute atomic E-state index is 0.512. The van der Waals surface area contributed by atoms with Crippen molar-refractivity contribution in [1.82, 2.24) is 5.32 Å². The van der Waals surface area contributed by atoms with Gasteiger partial charge in [0.1, 0.15) is 0 Å². The minimum atomic E-state index is 0.512. The number of rotatable bonds is 5. The van der Waals surface area contributed by atoms with Gasteiger partial charge in [0, 0.05) is 12.6 Å². The summed E-state index contributed by atoms with van der Waals surface area (Å²) >= 11 is 0. The second-order valence-corrected chi connectivity index (χ2v) is 5.52. The Bertz CT molecular complexity index is 160. The van der Waals surface area contributed by atoms with Crippen LogP contribution in [-0.4, -0.2) is 25.3 Å². The summed E-state index contributed by atoms with van der Waals surface area (Å²) in [6.07, 6.45) is 4.40. The second-order valence-electron chi connectivity index (χ2n) is 5.52. The van der Waals surface area contributed by atoms with Crippen molar-refractivity contribution in [3.8, 4) is 0 Å². The lowest BCUT2D eigenvalue weighted by Gasteiger charge is -2.31. The van der Waals surface area contributed by atoms with Gasteiger partial charge in [-0.2, -0.15) is 0 Å². The Hall–Kier alpha value is -0.0800. The molecule has 0 amide bonds. The molecule has 0 aromatic carbocycles. The summed E-state index contributed by atoms with van der Waals surface area (Å²) in [4.78, 5) is 0. The lowest BCUT2D eigenvalue weighted by Crippen LogP contribution is -2.31. The number of hydrogen-bond donors (Lipinski definition) is 1. The van der Waals surface area contributed by atoms with E-state index in [0.717, 1.165) is 25.0 Å². The van der Waals surface area contributed by atoms with E-state index >= 15 is 0 Å². The quantitative estimate of drug-likeness (QED) is 0.709. The first kappa shape index (κ1) is 13.0. The number of hydrogen-bond acceptors (Lipinski definition) is 2. The lowest BCUT2D eigenvalue weighted by molar-refractivity contribution is 0.00225. The predicted molar refractivity (Wildman–Crippen MR) is 65.1 cm³/mol. The van der Waals surface area contributed by atoms with Gasteiger partial charge in [-0.25, -0.2) is 0 Å². The summed E-state index contributed by atoms with van der Waals surface area (Å²) in [5.74, 6) is 1.69. The minimum Gasteiger partial charge on any atom is -0.377 e. The van der Waals surface area contributed by atoms with Crippen molar-refractivity contribution < 1.29 is 4.74 Å². The van der Waals surface area contributed by atoms with Crippen LogP contribution in [-0.2, 0) is 4.74 Å². The van der Waals surface area contributed by atoms with Crippen molar-refractivity contribution in [2.45, 2.75) is 59.1 Å². The van der Waals surface area contributed by atoms with Crippen LogP contribution in [0.15, 0.2) is 0 Å². The fraction of sp³-hybridized carbons (Fsp3) is 1.00. The van der Waals surface area contributed by atoms with Crippen molar-refractivity contribution in [2.75, 3.05) is 13.2 Å². The van der Waals surface area contributed by atoms with Crippen molar-refractivity contribution in [1.29, 1.82) is 0 Å². The zero-order chi connectivity index (χ0) is 11.3. The van der Waals surface area contributed by atoms with E-state index in [2.05, 4.69) is 33.0 Å². The van der Waals surface area contributed by atoms with Crippen LogP contribution in [0, 0.1) is 11.8 Å². The molecule has 0 aromatic rings. The average molecular weight is 213 g/mol. The highest BCUT2D eigenvalue weighted by Gasteiger charge is 2.23. The van der Waals surface area contributed by atoms with Crippen LogP contribution in [0.5, 0.6) is 0 Å². The van der Waals surface area contributed by atoms with Crippen molar-refractivity contribution >= 4 is 0 Å². The van der Waals surface area contributed by atoms with Gasteiger partial charge >= 0.3 is 0 Å². The molecule has 2 atom stereocenters. The van der Waals surface area contributed by atoms with Gasteiger partial charge in [-0.3, -0.25) is 0 Å². The molecule has 2 nitrogen and oxygen atoms in total. The van der Waals surface area contributed by atoms with Gasteiger partial charge in [0.25, 0.3) is 0 Å². The third-order valence-electron chi connectivity index (χ3n) is 3.14. The summed E-state index contributed by atoms with van der Waals surface area (Å²) in [5.41, 5.74) is 0. The molecule has 15 heavy (non-hydrogen) atoms. The molecule has 0 saturated heterocycles. The Kier molecular flexibility index (Phi) is 5.62. The van der Waals surface area contributed by atoms with E-state index in [1.807, 2.05) is 0 Å². The Morgan fingerprint density at radius 2 is 1.73 bits per heavy atom. The van der Waals surface area contributed by atoms with Gasteiger partial charge in [0.05, 0.1) is 12.7 Å². The highest BCUT2D eigenvalue weighted by atomic mass is 16.5. The van der Waals surface area contributed by atoms with Gasteiger partial charge in [-0.15, -0.1) is 0 Å². The van der Waals surface area contributed by atoms with Crippen LogP contribution in [0.2, 0.25) is 0 Å². The second kappa shape index (κ2) is 6.49. The van der Waals surface area contributed by atoms with Gasteiger partial charge < -0.3 is 10.1 Å². The Morgan fingerprint density at radius 1 is 1.13 bits per heavy atom. The molecule has 0 heterocycles. The summed E-state index contributed by atoms with van der Waals surface area (Å²) in [7, 11) is 0. The third kappa shape index (κ3) is 5.53. The molecule has 1 saturated carbocycles. The topological polar surface area (TPSA) is 21.3 Å². The Balaban J connectivity index is 2.10. The van der Waals surface area contributed by atoms with Crippen LogP contribution in [0.1, 0.15) is 47.0 Å². The van der Waals surface area contributed by atoms with E-state index in [0.29, 0.717) is 12.1 Å². The standard InChI is InChI=1S/C13H27NO/c1-10(2)14-5-6-15-13-8-11(3)7-12(4)9-13/h10-14H,5-9H2,1-4H3. The summed E-state index contributed by atoms with van der Waals surface area (Å²) < 4.78 is 5.91. The largest absolute Gasteiger partial charge is 0.377 e. The van der Waals surface area contributed by atoms with Gasteiger partial charge in [0.15, 0.2) is 0 Å². The molecule has 2 unspecified atom stereocenters. The Labute approximate surface area is 94.8 Å². The zero-order valence-corrected chi connectivity index (χ0v) is 10.8. The lowest BCUT2D eigenvalue weighted by atomic mass is 9.82. The molecule has 1 aliphatic carbocycles. The predicted octanol–water partition coefficient (Wildman–Crippen LogP) is 2.83. The van der Waals surface area contributed by atoms with Crippen LogP contribution in [0.3, 0.4) is 0 Å². The molecule has 1 N–H and O–H groups in total. The fourth-order valence-corrected chi connectivity index (χ4v) is 2.58. The van der Waals surface area contributed by atoms with Gasteiger partial charge in [0.2, 0.25) is 0 Å². The molecule has 0 spiro atoms. The van der Waals surface area contributed by atoms with Gasteiger partial charge in [-0.1, -0.05) is 27.7 Å². The maximum Gasteiger partial charge on any atom is 0.0594 e. The molecule has 0 bridgehead atoms. The molecular formula is C13H27NO. The highest BCUT2D eigenvalue weighted by Crippen LogP contribution is 2.30. The van der Waals surface area contributed by atoms with E-state index in [1.54, 1.807) is 0 Å². The van der Waals surface area contributed by atoms with E-state index in [1.165, 1.54) is 19.3 Å². The normalized spacial score (nSPS) is 32.2. The van der Waals surface area contributed by atoms with Crippen molar-refractivity contribution in [2.24, 2.45) is 11.8 Å².